The number of nitrogens with zero attached hydrogens (tertiary/aromatic N) is 1. The van der Waals surface area contributed by atoms with Crippen molar-refractivity contribution >= 4 is 29.5 Å². The molecule has 3 rings (SSSR count). The van der Waals surface area contributed by atoms with Crippen LogP contribution in [0.15, 0.2) is 103 Å². The summed E-state index contributed by atoms with van der Waals surface area (Å²) in [4.78, 5) is 50.3. The smallest absolute Gasteiger partial charge is 0.408 e. The third kappa shape index (κ3) is 11.0. The van der Waals surface area contributed by atoms with Crippen LogP contribution < -0.4 is 10.6 Å². The predicted octanol–water partition coefficient (Wildman–Crippen LogP) is 5.99. The van der Waals surface area contributed by atoms with Crippen molar-refractivity contribution in [1.29, 1.82) is 0 Å². The first kappa shape index (κ1) is 32.5. The highest BCUT2D eigenvalue weighted by Crippen LogP contribution is 2.16. The number of ether oxygens (including phenoxy) is 1. The number of hydrogen-bond donors (Lipinski definition) is 2. The largest absolute Gasteiger partial charge is 0.444 e. The average Bonchev–Trinajstić information content (AvgIpc) is 2.97. The summed E-state index contributed by atoms with van der Waals surface area (Å²) in [5.41, 5.74) is 1.81. The number of carbonyl (C=O) groups is 3. The lowest BCUT2D eigenvalue weighted by atomic mass is 9.96. The molecule has 3 aromatic carbocycles. The molecule has 0 aliphatic rings. The lowest BCUT2D eigenvalue weighted by molar-refractivity contribution is -0.384. The molecule has 9 heteroatoms. The van der Waals surface area contributed by atoms with E-state index in [-0.39, 0.29) is 17.7 Å². The van der Waals surface area contributed by atoms with Crippen molar-refractivity contribution in [1.82, 2.24) is 10.6 Å². The lowest BCUT2D eigenvalue weighted by Gasteiger charge is -2.25. The molecule has 43 heavy (non-hydrogen) atoms. The second-order valence-corrected chi connectivity index (χ2v) is 11.0. The third-order valence-electron chi connectivity index (χ3n) is 6.38. The van der Waals surface area contributed by atoms with E-state index in [9.17, 15) is 24.5 Å². The molecule has 2 N–H and O–H groups in total. The molecule has 0 bridgehead atoms. The summed E-state index contributed by atoms with van der Waals surface area (Å²) >= 11 is 0. The van der Waals surface area contributed by atoms with Crippen LogP contribution in [0.5, 0.6) is 0 Å². The van der Waals surface area contributed by atoms with Crippen molar-refractivity contribution in [3.8, 4) is 0 Å². The summed E-state index contributed by atoms with van der Waals surface area (Å²) < 4.78 is 5.39. The zero-order valence-corrected chi connectivity index (χ0v) is 24.6. The van der Waals surface area contributed by atoms with Gasteiger partial charge in [-0.15, -0.1) is 0 Å². The Morgan fingerprint density at radius 3 is 2.02 bits per heavy atom. The predicted molar refractivity (Wildman–Crippen MR) is 166 cm³/mol. The molecule has 3 aromatic rings. The van der Waals surface area contributed by atoms with Gasteiger partial charge in [-0.2, -0.15) is 0 Å². The second kappa shape index (κ2) is 15.3. The van der Waals surface area contributed by atoms with Crippen molar-refractivity contribution in [3.05, 3.63) is 130 Å². The van der Waals surface area contributed by atoms with E-state index < -0.39 is 40.4 Å². The van der Waals surface area contributed by atoms with Gasteiger partial charge in [0, 0.05) is 24.1 Å². The number of nitro groups is 1. The molecule has 2 atom stereocenters. The molecule has 224 valence electrons. The monoisotopic (exact) mass is 583 g/mol. The Morgan fingerprint density at radius 1 is 0.884 bits per heavy atom. The quantitative estimate of drug-likeness (QED) is 0.110. The van der Waals surface area contributed by atoms with Crippen molar-refractivity contribution in [3.63, 3.8) is 0 Å². The van der Waals surface area contributed by atoms with Gasteiger partial charge < -0.3 is 15.4 Å². The highest BCUT2D eigenvalue weighted by Gasteiger charge is 2.29. The number of hydrogen-bond acceptors (Lipinski definition) is 6. The van der Waals surface area contributed by atoms with E-state index in [0.29, 0.717) is 18.4 Å². The van der Waals surface area contributed by atoms with Crippen LogP contribution in [-0.4, -0.2) is 40.4 Å². The fourth-order valence-electron chi connectivity index (χ4n) is 4.22. The number of benzene rings is 3. The van der Waals surface area contributed by atoms with E-state index >= 15 is 0 Å². The van der Waals surface area contributed by atoms with Gasteiger partial charge in [0.2, 0.25) is 5.91 Å². The normalized spacial score (nSPS) is 12.6. The molecule has 0 aliphatic carbocycles. The molecule has 0 aliphatic heterocycles. The molecule has 0 aromatic heterocycles. The van der Waals surface area contributed by atoms with Crippen LogP contribution in [0.3, 0.4) is 0 Å². The molecular weight excluding hydrogens is 546 g/mol. The maximum absolute atomic E-state index is 13.6. The molecular formula is C34H37N3O6. The first-order valence-electron chi connectivity index (χ1n) is 13.9. The SMILES string of the molecule is C=C(C=Cc1ccc([N+](=O)[O-])cc1)C(=O)[C@H](CCc1ccccc1)NC(=O)[C@H](Cc1ccccc1)NC(=O)OC(C)(C)C. The fraction of sp³-hybridized carbons (Fsp3) is 0.265. The Kier molecular flexibility index (Phi) is 11.5. The Bertz CT molecular complexity index is 1440. The van der Waals surface area contributed by atoms with Crippen molar-refractivity contribution in [2.45, 2.75) is 57.7 Å². The van der Waals surface area contributed by atoms with E-state index in [4.69, 9.17) is 4.74 Å². The number of ketones is 1. The van der Waals surface area contributed by atoms with Crippen molar-refractivity contribution < 1.29 is 24.0 Å². The van der Waals surface area contributed by atoms with Crippen molar-refractivity contribution in [2.75, 3.05) is 0 Å². The van der Waals surface area contributed by atoms with Gasteiger partial charge in [-0.3, -0.25) is 19.7 Å². The number of amides is 2. The minimum absolute atomic E-state index is 0.0409. The minimum atomic E-state index is -1.01. The van der Waals surface area contributed by atoms with E-state index in [1.54, 1.807) is 39.0 Å². The van der Waals surface area contributed by atoms with Crippen LogP contribution in [0.1, 0.15) is 43.9 Å². The fourth-order valence-corrected chi connectivity index (χ4v) is 4.22. The molecule has 0 spiro atoms. The molecule has 0 unspecified atom stereocenters. The zero-order chi connectivity index (χ0) is 31.4. The Morgan fingerprint density at radius 2 is 1.47 bits per heavy atom. The number of Topliss-reactive ketones (excluding diaryl/α,β-unsaturated/α-hetero) is 1. The molecule has 9 nitrogen and oxygen atoms in total. The maximum atomic E-state index is 13.6. The average molecular weight is 584 g/mol. The van der Waals surface area contributed by atoms with E-state index in [2.05, 4.69) is 17.2 Å². The topological polar surface area (TPSA) is 128 Å². The molecule has 0 fully saturated rings. The summed E-state index contributed by atoms with van der Waals surface area (Å²) in [7, 11) is 0. The van der Waals surface area contributed by atoms with Crippen LogP contribution in [0.2, 0.25) is 0 Å². The van der Waals surface area contributed by atoms with Crippen molar-refractivity contribution in [2.24, 2.45) is 0 Å². The van der Waals surface area contributed by atoms with Gasteiger partial charge in [-0.25, -0.2) is 4.79 Å². The Labute approximate surface area is 251 Å². The summed E-state index contributed by atoms with van der Waals surface area (Å²) in [6.07, 6.45) is 3.40. The standard InChI is InChI=1S/C34H37N3O6/c1-24(15-16-26-17-20-28(21-18-26)37(41)42)31(38)29(22-19-25-11-7-5-8-12-25)35-32(39)30(23-27-13-9-6-10-14-27)36-33(40)43-34(2,3)4/h5-18,20-21,29-30H,1,19,22-23H2,2-4H3,(H,35,39)(H,36,40)/t29-,30-/m0/s1. The van der Waals surface area contributed by atoms with Crippen LogP contribution >= 0.6 is 0 Å². The first-order chi connectivity index (χ1) is 20.4. The Balaban J connectivity index is 1.81. The number of alkyl carbamates (subject to hydrolysis) is 1. The molecule has 0 saturated carbocycles. The lowest BCUT2D eigenvalue weighted by Crippen LogP contribution is -2.53. The third-order valence-corrected chi connectivity index (χ3v) is 6.38. The van der Waals surface area contributed by atoms with E-state index in [0.717, 1.165) is 11.1 Å². The van der Waals surface area contributed by atoms with Crippen LogP contribution in [0.25, 0.3) is 6.08 Å². The van der Waals surface area contributed by atoms with Gasteiger partial charge in [-0.1, -0.05) is 79.4 Å². The summed E-state index contributed by atoms with van der Waals surface area (Å²) in [5, 5.41) is 16.4. The first-order valence-corrected chi connectivity index (χ1v) is 13.9. The Hall–Kier alpha value is -5.05. The summed E-state index contributed by atoms with van der Waals surface area (Å²) in [5.74, 6) is -0.925. The number of allylic oxidation sites excluding steroid dienone is 1. The molecule has 2 amide bonds. The van der Waals surface area contributed by atoms with Gasteiger partial charge in [0.25, 0.3) is 5.69 Å². The van der Waals surface area contributed by atoms with Gasteiger partial charge in [0.15, 0.2) is 5.78 Å². The number of non-ortho nitro benzene ring substituents is 1. The van der Waals surface area contributed by atoms with E-state index in [1.807, 2.05) is 60.7 Å². The van der Waals surface area contributed by atoms with Gasteiger partial charge in [0.1, 0.15) is 11.6 Å². The molecule has 0 radical (unpaired) electrons. The number of rotatable bonds is 13. The highest BCUT2D eigenvalue weighted by atomic mass is 16.6. The number of aryl methyl sites for hydroxylation is 1. The maximum Gasteiger partial charge on any atom is 0.408 e. The van der Waals surface area contributed by atoms with Crippen LogP contribution in [0, 0.1) is 10.1 Å². The molecule has 0 saturated heterocycles. The number of carbonyl (C=O) groups excluding carboxylic acids is 3. The summed E-state index contributed by atoms with van der Waals surface area (Å²) in [6, 6.07) is 22.7. The number of nitro benzene ring substituents is 1. The van der Waals surface area contributed by atoms with E-state index in [1.165, 1.54) is 18.2 Å². The second-order valence-electron chi connectivity index (χ2n) is 11.0. The van der Waals surface area contributed by atoms with Gasteiger partial charge in [0.05, 0.1) is 11.0 Å². The minimum Gasteiger partial charge on any atom is -0.444 e. The number of nitrogens with one attached hydrogen (secondary N) is 2. The zero-order valence-electron chi connectivity index (χ0n) is 24.6. The molecule has 0 heterocycles. The summed E-state index contributed by atoms with van der Waals surface area (Å²) in [6.45, 7) is 9.10. The van der Waals surface area contributed by atoms with Crippen LogP contribution in [0.4, 0.5) is 10.5 Å². The van der Waals surface area contributed by atoms with Gasteiger partial charge in [-0.05, 0) is 62.4 Å². The van der Waals surface area contributed by atoms with Gasteiger partial charge >= 0.3 is 6.09 Å². The van der Waals surface area contributed by atoms with Crippen LogP contribution in [-0.2, 0) is 27.2 Å². The highest BCUT2D eigenvalue weighted by molar-refractivity contribution is 6.04.